The first-order chi connectivity index (χ1) is 14.5. The molecule has 30 heavy (non-hydrogen) atoms. The Morgan fingerprint density at radius 3 is 2.20 bits per heavy atom. The zero-order valence-electron chi connectivity index (χ0n) is 15.3. The molecule has 0 saturated carbocycles. The van der Waals surface area contributed by atoms with Crippen LogP contribution in [0.25, 0.3) is 11.4 Å². The van der Waals surface area contributed by atoms with Crippen LogP contribution in [0.4, 0.5) is 8.78 Å². The molecule has 1 unspecified atom stereocenters. The molecule has 0 aliphatic heterocycles. The van der Waals surface area contributed by atoms with Crippen molar-refractivity contribution in [3.05, 3.63) is 101 Å². The SMILES string of the molecule is O=C(OC(c1ccccc1)c1nc(-c2ccccc2)no1)c1c(F)cc(O)cc1F. The van der Waals surface area contributed by atoms with Gasteiger partial charge in [-0.2, -0.15) is 4.98 Å². The van der Waals surface area contributed by atoms with Gasteiger partial charge in [0.2, 0.25) is 11.9 Å². The van der Waals surface area contributed by atoms with Crippen LogP contribution in [0, 0.1) is 11.6 Å². The van der Waals surface area contributed by atoms with E-state index in [0.717, 1.165) is 0 Å². The fourth-order valence-corrected chi connectivity index (χ4v) is 2.86. The van der Waals surface area contributed by atoms with Crippen molar-refractivity contribution < 1.29 is 27.9 Å². The second-order valence-electron chi connectivity index (χ2n) is 6.30. The zero-order chi connectivity index (χ0) is 21.1. The number of aromatic nitrogens is 2. The zero-order valence-corrected chi connectivity index (χ0v) is 15.3. The number of benzene rings is 3. The minimum absolute atomic E-state index is 0.0620. The first-order valence-electron chi connectivity index (χ1n) is 8.86. The van der Waals surface area contributed by atoms with Crippen molar-refractivity contribution in [2.24, 2.45) is 0 Å². The van der Waals surface area contributed by atoms with E-state index in [2.05, 4.69) is 10.1 Å². The predicted molar refractivity (Wildman–Crippen MR) is 101 cm³/mol. The van der Waals surface area contributed by atoms with Crippen LogP contribution in [0.5, 0.6) is 5.75 Å². The van der Waals surface area contributed by atoms with E-state index in [1.54, 1.807) is 54.6 Å². The van der Waals surface area contributed by atoms with E-state index in [-0.39, 0.29) is 11.7 Å². The van der Waals surface area contributed by atoms with Crippen LogP contribution in [0.3, 0.4) is 0 Å². The number of hydrogen-bond acceptors (Lipinski definition) is 6. The summed E-state index contributed by atoms with van der Waals surface area (Å²) in [5, 5.41) is 13.2. The van der Waals surface area contributed by atoms with Gasteiger partial charge in [-0.25, -0.2) is 13.6 Å². The highest BCUT2D eigenvalue weighted by atomic mass is 19.1. The average molecular weight is 408 g/mol. The van der Waals surface area contributed by atoms with Gasteiger partial charge < -0.3 is 14.4 Å². The molecule has 3 aromatic carbocycles. The molecule has 0 spiro atoms. The van der Waals surface area contributed by atoms with Crippen molar-refractivity contribution in [1.29, 1.82) is 0 Å². The number of ether oxygens (including phenoxy) is 1. The first kappa shape index (κ1) is 19.3. The summed E-state index contributed by atoms with van der Waals surface area (Å²) < 4.78 is 38.8. The molecule has 0 saturated heterocycles. The third kappa shape index (κ3) is 3.88. The van der Waals surface area contributed by atoms with Crippen LogP contribution in [0.2, 0.25) is 0 Å². The summed E-state index contributed by atoms with van der Waals surface area (Å²) in [6, 6.07) is 18.7. The molecule has 0 radical (unpaired) electrons. The molecule has 4 rings (SSSR count). The van der Waals surface area contributed by atoms with Gasteiger partial charge >= 0.3 is 5.97 Å². The highest BCUT2D eigenvalue weighted by Crippen LogP contribution is 2.29. The van der Waals surface area contributed by atoms with Crippen molar-refractivity contribution in [3.63, 3.8) is 0 Å². The van der Waals surface area contributed by atoms with E-state index in [1.807, 2.05) is 6.07 Å². The molecule has 8 heteroatoms. The van der Waals surface area contributed by atoms with E-state index in [1.165, 1.54) is 0 Å². The molecule has 150 valence electrons. The lowest BCUT2D eigenvalue weighted by Crippen LogP contribution is -2.16. The molecule has 1 aromatic heterocycles. The quantitative estimate of drug-likeness (QED) is 0.483. The number of carbonyl (C=O) groups is 1. The van der Waals surface area contributed by atoms with Crippen LogP contribution >= 0.6 is 0 Å². The summed E-state index contributed by atoms with van der Waals surface area (Å²) in [7, 11) is 0. The number of rotatable bonds is 5. The second kappa shape index (κ2) is 8.12. The Morgan fingerprint density at radius 2 is 1.57 bits per heavy atom. The van der Waals surface area contributed by atoms with Gasteiger partial charge in [0, 0.05) is 23.3 Å². The largest absolute Gasteiger partial charge is 0.508 e. The molecule has 0 bridgehead atoms. The number of esters is 1. The third-order valence-electron chi connectivity index (χ3n) is 4.26. The Balaban J connectivity index is 1.70. The first-order valence-corrected chi connectivity index (χ1v) is 8.86. The standard InChI is InChI=1S/C22H14F2N2O4/c23-16-11-15(27)12-17(24)18(16)22(28)29-19(13-7-3-1-4-8-13)21-25-20(26-30-21)14-9-5-2-6-10-14/h1-12,19,27H. The van der Waals surface area contributed by atoms with Crippen LogP contribution in [0.15, 0.2) is 77.3 Å². The Labute approximate surface area is 169 Å². The maximum atomic E-state index is 14.1. The number of aromatic hydroxyl groups is 1. The Bertz CT molecular complexity index is 1160. The molecule has 1 N–H and O–H groups in total. The lowest BCUT2D eigenvalue weighted by atomic mass is 10.1. The van der Waals surface area contributed by atoms with Gasteiger partial charge in [-0.1, -0.05) is 65.8 Å². The number of carbonyl (C=O) groups excluding carboxylic acids is 1. The molecule has 6 nitrogen and oxygen atoms in total. The lowest BCUT2D eigenvalue weighted by molar-refractivity contribution is 0.0303. The smallest absolute Gasteiger partial charge is 0.345 e. The summed E-state index contributed by atoms with van der Waals surface area (Å²) in [5.74, 6) is -4.22. The van der Waals surface area contributed by atoms with Gasteiger partial charge in [-0.05, 0) is 0 Å². The lowest BCUT2D eigenvalue weighted by Gasteiger charge is -2.15. The Kier molecular flexibility index (Phi) is 5.21. The molecule has 1 atom stereocenters. The maximum absolute atomic E-state index is 14.1. The normalized spacial score (nSPS) is 11.8. The molecule has 1 heterocycles. The average Bonchev–Trinajstić information content (AvgIpc) is 3.22. The van der Waals surface area contributed by atoms with Crippen LogP contribution in [0.1, 0.15) is 27.9 Å². The topological polar surface area (TPSA) is 85.5 Å². The van der Waals surface area contributed by atoms with E-state index in [9.17, 15) is 18.7 Å². The number of hydrogen-bond donors (Lipinski definition) is 1. The van der Waals surface area contributed by atoms with Gasteiger partial charge in [0.15, 0.2) is 0 Å². The summed E-state index contributed by atoms with van der Waals surface area (Å²) >= 11 is 0. The van der Waals surface area contributed by atoms with Crippen molar-refractivity contribution in [1.82, 2.24) is 10.1 Å². The predicted octanol–water partition coefficient (Wildman–Crippen LogP) is 4.67. The number of phenolic OH excluding ortho intramolecular Hbond substituents is 1. The molecular formula is C22H14F2N2O4. The number of phenols is 1. The van der Waals surface area contributed by atoms with Gasteiger partial charge in [-0.15, -0.1) is 0 Å². The Morgan fingerprint density at radius 1 is 0.967 bits per heavy atom. The van der Waals surface area contributed by atoms with Gasteiger partial charge in [0.05, 0.1) is 0 Å². The van der Waals surface area contributed by atoms with E-state index in [4.69, 9.17) is 9.26 Å². The monoisotopic (exact) mass is 408 g/mol. The fraction of sp³-hybridized carbons (Fsp3) is 0.0455. The van der Waals surface area contributed by atoms with Crippen LogP contribution < -0.4 is 0 Å². The van der Waals surface area contributed by atoms with Crippen molar-refractivity contribution >= 4 is 5.97 Å². The summed E-state index contributed by atoms with van der Waals surface area (Å²) in [5.41, 5.74) is 0.214. The van der Waals surface area contributed by atoms with Crippen LogP contribution in [-0.2, 0) is 4.74 Å². The summed E-state index contributed by atoms with van der Waals surface area (Å²) in [6.45, 7) is 0. The minimum atomic E-state index is -1.28. The molecule has 0 amide bonds. The van der Waals surface area contributed by atoms with E-state index in [0.29, 0.717) is 23.3 Å². The molecule has 0 fully saturated rings. The van der Waals surface area contributed by atoms with Crippen LogP contribution in [-0.4, -0.2) is 21.2 Å². The minimum Gasteiger partial charge on any atom is -0.508 e. The third-order valence-corrected chi connectivity index (χ3v) is 4.26. The Hall–Kier alpha value is -4.07. The fourth-order valence-electron chi connectivity index (χ4n) is 2.86. The molecule has 0 aliphatic carbocycles. The van der Waals surface area contributed by atoms with E-state index < -0.39 is 35.0 Å². The molecule has 4 aromatic rings. The number of halogens is 2. The highest BCUT2D eigenvalue weighted by Gasteiger charge is 2.29. The maximum Gasteiger partial charge on any atom is 0.345 e. The summed E-state index contributed by atoms with van der Waals surface area (Å²) in [4.78, 5) is 16.8. The van der Waals surface area contributed by atoms with Gasteiger partial charge in [0.1, 0.15) is 22.9 Å². The van der Waals surface area contributed by atoms with Crippen molar-refractivity contribution in [2.45, 2.75) is 6.10 Å². The number of nitrogens with zero attached hydrogens (tertiary/aromatic N) is 2. The van der Waals surface area contributed by atoms with Gasteiger partial charge in [0.25, 0.3) is 5.89 Å². The van der Waals surface area contributed by atoms with E-state index >= 15 is 0 Å². The van der Waals surface area contributed by atoms with Crippen molar-refractivity contribution in [3.8, 4) is 17.1 Å². The highest BCUT2D eigenvalue weighted by molar-refractivity contribution is 5.90. The molecular weight excluding hydrogens is 394 g/mol. The van der Waals surface area contributed by atoms with Gasteiger partial charge in [-0.3, -0.25) is 0 Å². The summed E-state index contributed by atoms with van der Waals surface area (Å²) in [6.07, 6.45) is -1.20. The van der Waals surface area contributed by atoms with Crippen molar-refractivity contribution in [2.75, 3.05) is 0 Å². The second-order valence-corrected chi connectivity index (χ2v) is 6.30. The molecule has 0 aliphatic rings.